The highest BCUT2D eigenvalue weighted by molar-refractivity contribution is 5.94. The second-order valence-electron chi connectivity index (χ2n) is 11.4. The van der Waals surface area contributed by atoms with Crippen LogP contribution in [-0.2, 0) is 0 Å². The molecule has 4 rings (SSSR count). The standard InChI is InChI=1S/C34H44FN5O/c1-8-36-14-11-32-29(10-16-38-32)28-9-15-37-24(4)30(28)20-22(2)25(5)40-17-12-26(13-18-40)33-23(3)19-27(21-31(33)35)34(41)39(6)7/h8-9,11,14-15,19-21,25-26,36,38H,1,10,12-13,16-18H2,2-7H3/b14-11-,22-20+. The fourth-order valence-electron chi connectivity index (χ4n) is 6.09. The molecule has 1 atom stereocenters. The predicted molar refractivity (Wildman–Crippen MR) is 167 cm³/mol. The normalized spacial score (nSPS) is 17.6. The highest BCUT2D eigenvalue weighted by atomic mass is 19.1. The lowest BCUT2D eigenvalue weighted by molar-refractivity contribution is 0.0827. The van der Waals surface area contributed by atoms with Crippen LogP contribution >= 0.6 is 0 Å². The lowest BCUT2D eigenvalue weighted by Crippen LogP contribution is -2.40. The fourth-order valence-corrected chi connectivity index (χ4v) is 6.09. The van der Waals surface area contributed by atoms with Crippen LogP contribution in [0.2, 0.25) is 0 Å². The number of nitrogens with one attached hydrogen (secondary N) is 2. The third-order valence-electron chi connectivity index (χ3n) is 8.50. The lowest BCUT2D eigenvalue weighted by Gasteiger charge is -2.37. The molecule has 1 amide bonds. The minimum atomic E-state index is -0.262. The molecule has 2 aliphatic heterocycles. The number of allylic oxidation sites excluding steroid dienone is 1. The number of amides is 1. The zero-order valence-electron chi connectivity index (χ0n) is 25.4. The summed E-state index contributed by atoms with van der Waals surface area (Å²) < 4.78 is 15.2. The number of carbonyl (C=O) groups excluding carboxylic acids is 1. The van der Waals surface area contributed by atoms with E-state index < -0.39 is 0 Å². The van der Waals surface area contributed by atoms with Gasteiger partial charge in [0.05, 0.1) is 0 Å². The van der Waals surface area contributed by atoms with Crippen LogP contribution in [0.5, 0.6) is 0 Å². The molecular weight excluding hydrogens is 513 g/mol. The SMILES string of the molecule is C=CN/C=C\C1=C(c2ccnc(C)c2/C=C(\C)C(C)N2CCC(c3c(C)cc(C(=O)N(C)C)cc3F)CC2)CCN1. The smallest absolute Gasteiger partial charge is 0.253 e. The first-order chi connectivity index (χ1) is 19.6. The van der Waals surface area contributed by atoms with E-state index in [0.29, 0.717) is 5.56 Å². The van der Waals surface area contributed by atoms with Crippen molar-refractivity contribution < 1.29 is 9.18 Å². The number of pyridine rings is 1. The average molecular weight is 558 g/mol. The maximum atomic E-state index is 15.2. The largest absolute Gasteiger partial charge is 0.384 e. The monoisotopic (exact) mass is 557 g/mol. The zero-order chi connectivity index (χ0) is 29.7. The van der Waals surface area contributed by atoms with E-state index in [1.807, 2.05) is 25.4 Å². The number of nitrogens with zero attached hydrogens (tertiary/aromatic N) is 3. The summed E-state index contributed by atoms with van der Waals surface area (Å²) in [6.45, 7) is 14.9. The van der Waals surface area contributed by atoms with E-state index in [1.54, 1.807) is 20.3 Å². The molecule has 0 spiro atoms. The molecule has 1 fully saturated rings. The Morgan fingerprint density at radius 3 is 2.66 bits per heavy atom. The first-order valence-corrected chi connectivity index (χ1v) is 14.5. The molecule has 0 aliphatic carbocycles. The molecule has 0 bridgehead atoms. The quantitative estimate of drug-likeness (QED) is 0.387. The van der Waals surface area contributed by atoms with Crippen LogP contribution in [0, 0.1) is 19.7 Å². The Hall–Kier alpha value is -3.71. The molecule has 2 aliphatic rings. The fraction of sp³-hybridized carbons (Fsp3) is 0.412. The van der Waals surface area contributed by atoms with Gasteiger partial charge in [-0.3, -0.25) is 14.7 Å². The van der Waals surface area contributed by atoms with Crippen molar-refractivity contribution in [1.82, 2.24) is 25.4 Å². The number of hydrogen-bond acceptors (Lipinski definition) is 5. The average Bonchev–Trinajstić information content (AvgIpc) is 3.41. The molecular formula is C34H44FN5O. The van der Waals surface area contributed by atoms with Gasteiger partial charge in [0.25, 0.3) is 5.91 Å². The van der Waals surface area contributed by atoms with Gasteiger partial charge in [0.15, 0.2) is 0 Å². The zero-order valence-corrected chi connectivity index (χ0v) is 25.4. The Bertz CT molecular complexity index is 1360. The summed E-state index contributed by atoms with van der Waals surface area (Å²) in [5.41, 5.74) is 9.13. The van der Waals surface area contributed by atoms with Crippen LogP contribution in [0.25, 0.3) is 11.6 Å². The third kappa shape index (κ3) is 6.79. The van der Waals surface area contributed by atoms with Gasteiger partial charge in [-0.05, 0) is 119 Å². The third-order valence-corrected chi connectivity index (χ3v) is 8.50. The molecule has 1 aromatic carbocycles. The van der Waals surface area contributed by atoms with Gasteiger partial charge in [-0.25, -0.2) is 4.39 Å². The van der Waals surface area contributed by atoms with Crippen molar-refractivity contribution in [2.45, 2.75) is 58.9 Å². The van der Waals surface area contributed by atoms with E-state index >= 15 is 4.39 Å². The maximum absolute atomic E-state index is 15.2. The summed E-state index contributed by atoms with van der Waals surface area (Å²) in [7, 11) is 3.38. The summed E-state index contributed by atoms with van der Waals surface area (Å²) in [4.78, 5) is 21.0. The molecule has 6 nitrogen and oxygen atoms in total. The van der Waals surface area contributed by atoms with Crippen LogP contribution in [0.15, 0.2) is 60.7 Å². The molecule has 2 aromatic rings. The number of piperidine rings is 1. The topological polar surface area (TPSA) is 60.5 Å². The van der Waals surface area contributed by atoms with E-state index in [-0.39, 0.29) is 23.7 Å². The van der Waals surface area contributed by atoms with E-state index in [9.17, 15) is 4.79 Å². The molecule has 1 saturated heterocycles. The number of carbonyl (C=O) groups is 1. The summed E-state index contributed by atoms with van der Waals surface area (Å²) in [6.07, 6.45) is 12.5. The van der Waals surface area contributed by atoms with E-state index in [4.69, 9.17) is 0 Å². The number of likely N-dealkylation sites (tertiary alicyclic amines) is 1. The van der Waals surface area contributed by atoms with Crippen molar-refractivity contribution in [3.8, 4) is 0 Å². The molecule has 1 unspecified atom stereocenters. The Labute approximate surface area is 244 Å². The molecule has 218 valence electrons. The van der Waals surface area contributed by atoms with Gasteiger partial charge >= 0.3 is 0 Å². The number of aromatic nitrogens is 1. The van der Waals surface area contributed by atoms with Gasteiger partial charge < -0.3 is 15.5 Å². The van der Waals surface area contributed by atoms with Crippen molar-refractivity contribution in [3.05, 3.63) is 100 Å². The molecule has 0 saturated carbocycles. The van der Waals surface area contributed by atoms with E-state index in [1.165, 1.54) is 27.7 Å². The molecule has 1 aromatic heterocycles. The Kier molecular flexibility index (Phi) is 9.81. The van der Waals surface area contributed by atoms with E-state index in [0.717, 1.165) is 67.0 Å². The van der Waals surface area contributed by atoms with Crippen LogP contribution in [0.3, 0.4) is 0 Å². The van der Waals surface area contributed by atoms with Crippen molar-refractivity contribution in [2.24, 2.45) is 0 Å². The van der Waals surface area contributed by atoms with Crippen molar-refractivity contribution in [1.29, 1.82) is 0 Å². The Balaban J connectivity index is 1.50. The second kappa shape index (κ2) is 13.3. The van der Waals surface area contributed by atoms with Crippen LogP contribution in [-0.4, -0.2) is 60.5 Å². The maximum Gasteiger partial charge on any atom is 0.253 e. The molecule has 41 heavy (non-hydrogen) atoms. The highest BCUT2D eigenvalue weighted by Crippen LogP contribution is 2.35. The van der Waals surface area contributed by atoms with Crippen molar-refractivity contribution in [3.63, 3.8) is 0 Å². The number of hydrogen-bond donors (Lipinski definition) is 2. The number of benzene rings is 1. The Morgan fingerprint density at radius 1 is 1.27 bits per heavy atom. The molecule has 3 heterocycles. The van der Waals surface area contributed by atoms with Gasteiger partial charge in [0.2, 0.25) is 0 Å². The van der Waals surface area contributed by atoms with Crippen molar-refractivity contribution >= 4 is 17.6 Å². The minimum Gasteiger partial charge on any atom is -0.384 e. The molecule has 0 radical (unpaired) electrons. The summed E-state index contributed by atoms with van der Waals surface area (Å²) in [6, 6.07) is 5.62. The Morgan fingerprint density at radius 2 is 2.00 bits per heavy atom. The second-order valence-corrected chi connectivity index (χ2v) is 11.4. The minimum absolute atomic E-state index is 0.155. The molecule has 7 heteroatoms. The van der Waals surface area contributed by atoms with Gasteiger partial charge in [-0.15, -0.1) is 0 Å². The summed E-state index contributed by atoms with van der Waals surface area (Å²) in [5.74, 6) is -0.279. The summed E-state index contributed by atoms with van der Waals surface area (Å²) >= 11 is 0. The number of rotatable bonds is 9. The molecule has 2 N–H and O–H groups in total. The van der Waals surface area contributed by atoms with Crippen LogP contribution in [0.4, 0.5) is 4.39 Å². The van der Waals surface area contributed by atoms with Crippen LogP contribution < -0.4 is 10.6 Å². The van der Waals surface area contributed by atoms with Gasteiger partial charge in [0, 0.05) is 61.6 Å². The van der Waals surface area contributed by atoms with Gasteiger partial charge in [-0.1, -0.05) is 18.2 Å². The van der Waals surface area contributed by atoms with Crippen molar-refractivity contribution in [2.75, 3.05) is 33.7 Å². The van der Waals surface area contributed by atoms with E-state index in [2.05, 4.69) is 66.1 Å². The predicted octanol–water partition coefficient (Wildman–Crippen LogP) is 6.16. The van der Waals surface area contributed by atoms with Gasteiger partial charge in [-0.2, -0.15) is 0 Å². The summed E-state index contributed by atoms with van der Waals surface area (Å²) in [5, 5.41) is 6.53. The number of aryl methyl sites for hydroxylation is 2. The van der Waals surface area contributed by atoms with Crippen LogP contribution in [0.1, 0.15) is 77.3 Å². The number of halogens is 1. The first kappa shape index (κ1) is 30.3. The highest BCUT2D eigenvalue weighted by Gasteiger charge is 2.28. The lowest BCUT2D eigenvalue weighted by atomic mass is 9.85. The van der Waals surface area contributed by atoms with Gasteiger partial charge in [0.1, 0.15) is 5.82 Å². The first-order valence-electron chi connectivity index (χ1n) is 14.5.